The summed E-state index contributed by atoms with van der Waals surface area (Å²) in [5.74, 6) is 5.82. The number of hydrogen-bond acceptors (Lipinski definition) is 7. The minimum Gasteiger partial charge on any atom is -0.390 e. The summed E-state index contributed by atoms with van der Waals surface area (Å²) in [6, 6.07) is 1.61. The van der Waals surface area contributed by atoms with Crippen LogP contribution in [-0.4, -0.2) is 46.4 Å². The molecule has 1 atom stereocenters. The standard InChI is InChI=1S/C18H26N2O6S/c1-17(2,22)13-9-12(10-13)5-6-15-11-14(20-26-15)7-8-18(3,16(21)19-23)27(4,24)25/h11-13,22-23H,7-10H2,1-4H3,(H,19,21)/t12?,13?,18-/m1/s1. The fraction of sp³-hybridized carbons (Fsp3) is 0.667. The fourth-order valence-corrected chi connectivity index (χ4v) is 3.78. The van der Waals surface area contributed by atoms with Crippen LogP contribution in [0.1, 0.15) is 51.5 Å². The minimum absolute atomic E-state index is 0.0620. The number of rotatable bonds is 6. The van der Waals surface area contributed by atoms with E-state index in [4.69, 9.17) is 9.73 Å². The van der Waals surface area contributed by atoms with Gasteiger partial charge in [-0.25, -0.2) is 13.9 Å². The number of hydrogen-bond donors (Lipinski definition) is 3. The van der Waals surface area contributed by atoms with Crippen LogP contribution in [0.2, 0.25) is 0 Å². The number of aliphatic hydroxyl groups is 1. The summed E-state index contributed by atoms with van der Waals surface area (Å²) in [5, 5.41) is 22.6. The van der Waals surface area contributed by atoms with Gasteiger partial charge in [0.05, 0.1) is 11.3 Å². The van der Waals surface area contributed by atoms with Crippen LogP contribution in [0.15, 0.2) is 10.6 Å². The fourth-order valence-electron chi connectivity index (χ4n) is 2.93. The zero-order valence-electron chi connectivity index (χ0n) is 15.9. The molecule has 1 aliphatic rings. The Morgan fingerprint density at radius 1 is 1.41 bits per heavy atom. The van der Waals surface area contributed by atoms with E-state index in [1.54, 1.807) is 19.9 Å². The van der Waals surface area contributed by atoms with E-state index >= 15 is 0 Å². The molecule has 8 nitrogen and oxygen atoms in total. The van der Waals surface area contributed by atoms with E-state index in [0.717, 1.165) is 19.1 Å². The molecular weight excluding hydrogens is 372 g/mol. The molecule has 0 aliphatic heterocycles. The number of nitrogens with one attached hydrogen (secondary N) is 1. The Morgan fingerprint density at radius 3 is 2.56 bits per heavy atom. The molecule has 2 rings (SSSR count). The summed E-state index contributed by atoms with van der Waals surface area (Å²) >= 11 is 0. The van der Waals surface area contributed by atoms with Gasteiger partial charge in [-0.2, -0.15) is 0 Å². The maximum atomic E-state index is 11.9. The van der Waals surface area contributed by atoms with Crippen molar-refractivity contribution in [2.24, 2.45) is 11.8 Å². The van der Waals surface area contributed by atoms with Crippen molar-refractivity contribution in [1.82, 2.24) is 10.6 Å². The van der Waals surface area contributed by atoms with Crippen LogP contribution in [0, 0.1) is 23.7 Å². The molecule has 1 heterocycles. The molecule has 1 amide bonds. The highest BCUT2D eigenvalue weighted by Crippen LogP contribution is 2.40. The monoisotopic (exact) mass is 398 g/mol. The second-order valence-corrected chi connectivity index (χ2v) is 10.4. The zero-order chi connectivity index (χ0) is 20.5. The number of hydroxylamine groups is 1. The molecule has 1 aliphatic carbocycles. The van der Waals surface area contributed by atoms with Crippen LogP contribution in [-0.2, 0) is 21.1 Å². The number of amides is 1. The van der Waals surface area contributed by atoms with Crippen LogP contribution in [0.5, 0.6) is 0 Å². The molecule has 1 aromatic rings. The summed E-state index contributed by atoms with van der Waals surface area (Å²) in [7, 11) is -3.75. The maximum absolute atomic E-state index is 11.9. The molecule has 0 radical (unpaired) electrons. The molecule has 0 bridgehead atoms. The lowest BCUT2D eigenvalue weighted by Gasteiger charge is -2.40. The highest BCUT2D eigenvalue weighted by atomic mass is 32.2. The molecule has 1 saturated carbocycles. The van der Waals surface area contributed by atoms with Crippen molar-refractivity contribution in [1.29, 1.82) is 0 Å². The summed E-state index contributed by atoms with van der Waals surface area (Å²) in [4.78, 5) is 11.8. The molecular formula is C18H26N2O6S. The third-order valence-electron chi connectivity index (χ3n) is 5.35. The van der Waals surface area contributed by atoms with Crippen molar-refractivity contribution in [2.75, 3.05) is 6.26 Å². The quantitative estimate of drug-likeness (QED) is 0.371. The van der Waals surface area contributed by atoms with Crippen molar-refractivity contribution in [3.63, 3.8) is 0 Å². The van der Waals surface area contributed by atoms with Gasteiger partial charge in [-0.05, 0) is 58.3 Å². The Balaban J connectivity index is 1.97. The van der Waals surface area contributed by atoms with E-state index in [-0.39, 0.29) is 24.7 Å². The topological polar surface area (TPSA) is 130 Å². The van der Waals surface area contributed by atoms with Crippen LogP contribution in [0.3, 0.4) is 0 Å². The van der Waals surface area contributed by atoms with Crippen molar-refractivity contribution in [3.05, 3.63) is 17.5 Å². The van der Waals surface area contributed by atoms with E-state index < -0.39 is 26.1 Å². The van der Waals surface area contributed by atoms with Gasteiger partial charge in [-0.3, -0.25) is 10.0 Å². The Kier molecular flexibility index (Phi) is 6.04. The Hall–Kier alpha value is -1.89. The third kappa shape index (κ3) is 4.89. The van der Waals surface area contributed by atoms with Gasteiger partial charge in [0.15, 0.2) is 9.84 Å². The van der Waals surface area contributed by atoms with Crippen molar-refractivity contribution in [2.45, 2.75) is 56.8 Å². The zero-order valence-corrected chi connectivity index (χ0v) is 16.8. The van der Waals surface area contributed by atoms with Crippen molar-refractivity contribution < 1.29 is 28.0 Å². The van der Waals surface area contributed by atoms with E-state index in [1.807, 2.05) is 0 Å². The summed E-state index contributed by atoms with van der Waals surface area (Å²) in [5.41, 5.74) is 1.20. The molecule has 27 heavy (non-hydrogen) atoms. The van der Waals surface area contributed by atoms with E-state index in [1.165, 1.54) is 12.4 Å². The van der Waals surface area contributed by atoms with E-state index in [9.17, 15) is 18.3 Å². The number of aromatic nitrogens is 1. The molecule has 0 spiro atoms. The van der Waals surface area contributed by atoms with Crippen LogP contribution in [0.4, 0.5) is 0 Å². The van der Waals surface area contributed by atoms with Gasteiger partial charge in [-0.15, -0.1) is 0 Å². The summed E-state index contributed by atoms with van der Waals surface area (Å²) < 4.78 is 27.2. The van der Waals surface area contributed by atoms with Gasteiger partial charge in [0, 0.05) is 18.2 Å². The van der Waals surface area contributed by atoms with Crippen LogP contribution < -0.4 is 5.48 Å². The van der Waals surface area contributed by atoms with Crippen molar-refractivity contribution in [3.8, 4) is 11.8 Å². The maximum Gasteiger partial charge on any atom is 0.264 e. The Bertz CT molecular complexity index is 852. The van der Waals surface area contributed by atoms with Crippen LogP contribution >= 0.6 is 0 Å². The first-order chi connectivity index (χ1) is 12.4. The second kappa shape index (κ2) is 7.62. The smallest absolute Gasteiger partial charge is 0.264 e. The average molecular weight is 398 g/mol. The number of sulfone groups is 1. The highest BCUT2D eigenvalue weighted by molar-refractivity contribution is 7.92. The predicted octanol–water partition coefficient (Wildman–Crippen LogP) is 1.06. The Labute approximate surface area is 159 Å². The molecule has 3 N–H and O–H groups in total. The number of carbonyl (C=O) groups is 1. The lowest BCUT2D eigenvalue weighted by molar-refractivity contribution is -0.131. The minimum atomic E-state index is -3.75. The lowest BCUT2D eigenvalue weighted by atomic mass is 9.68. The van der Waals surface area contributed by atoms with E-state index in [2.05, 4.69) is 17.0 Å². The summed E-state index contributed by atoms with van der Waals surface area (Å²) in [6.07, 6.45) is 2.72. The molecule has 1 aromatic heterocycles. The summed E-state index contributed by atoms with van der Waals surface area (Å²) in [6.45, 7) is 4.85. The number of nitrogens with zero attached hydrogens (tertiary/aromatic N) is 1. The first-order valence-electron chi connectivity index (χ1n) is 8.70. The molecule has 0 saturated heterocycles. The van der Waals surface area contributed by atoms with Crippen molar-refractivity contribution >= 4 is 15.7 Å². The SMILES string of the molecule is CC(C)(O)C1CC(C#Cc2cc(CC[C@](C)(C(=O)NO)S(C)(=O)=O)no2)C1. The first-order valence-corrected chi connectivity index (χ1v) is 10.6. The van der Waals surface area contributed by atoms with Gasteiger partial charge in [0.25, 0.3) is 5.91 Å². The van der Waals surface area contributed by atoms with E-state index in [0.29, 0.717) is 11.5 Å². The molecule has 150 valence electrons. The molecule has 0 unspecified atom stereocenters. The molecule has 1 fully saturated rings. The molecule has 0 aromatic carbocycles. The first kappa shape index (κ1) is 21.4. The van der Waals surface area contributed by atoms with Gasteiger partial charge >= 0.3 is 0 Å². The van der Waals surface area contributed by atoms with Gasteiger partial charge in [0.1, 0.15) is 4.75 Å². The highest BCUT2D eigenvalue weighted by Gasteiger charge is 2.43. The normalized spacial score (nSPS) is 22.1. The lowest BCUT2D eigenvalue weighted by Crippen LogP contribution is -2.49. The average Bonchev–Trinajstić information content (AvgIpc) is 2.95. The van der Waals surface area contributed by atoms with Gasteiger partial charge in [0.2, 0.25) is 5.76 Å². The largest absolute Gasteiger partial charge is 0.390 e. The number of carbonyl (C=O) groups excluding carboxylic acids is 1. The van der Waals surface area contributed by atoms with Gasteiger partial charge in [-0.1, -0.05) is 11.1 Å². The second-order valence-electron chi connectivity index (χ2n) is 7.91. The Morgan fingerprint density at radius 2 is 2.04 bits per heavy atom. The third-order valence-corrected chi connectivity index (χ3v) is 7.38. The van der Waals surface area contributed by atoms with Crippen LogP contribution in [0.25, 0.3) is 0 Å². The predicted molar refractivity (Wildman–Crippen MR) is 97.4 cm³/mol. The van der Waals surface area contributed by atoms with Gasteiger partial charge < -0.3 is 9.63 Å². The molecule has 9 heteroatoms. The number of aryl methyl sites for hydroxylation is 1.